The topological polar surface area (TPSA) is 42.1 Å². The van der Waals surface area contributed by atoms with Crippen molar-refractivity contribution in [1.29, 1.82) is 0 Å². The van der Waals surface area contributed by atoms with E-state index >= 15 is 0 Å². The molecule has 0 spiro atoms. The lowest BCUT2D eigenvalue weighted by Gasteiger charge is -2.31. The molecule has 2 rings (SSSR count). The van der Waals surface area contributed by atoms with Crippen LogP contribution in [-0.2, 0) is 13.1 Å². The summed E-state index contributed by atoms with van der Waals surface area (Å²) in [5.74, 6) is 0. The molecule has 0 aromatic carbocycles. The maximum Gasteiger partial charge on any atom is 0.0316 e. The standard InChI is InChI=1S/C10H15N3/c11-6-9-2-3-12-7-10(9)8-13-4-1-5-13/h2-3,7H,1,4-6,8,11H2. The minimum atomic E-state index is 0.617. The summed E-state index contributed by atoms with van der Waals surface area (Å²) in [6.45, 7) is 4.07. The second kappa shape index (κ2) is 3.85. The molecule has 0 aliphatic carbocycles. The minimum absolute atomic E-state index is 0.617. The zero-order chi connectivity index (χ0) is 9.10. The first-order valence-corrected chi connectivity index (χ1v) is 4.74. The second-order valence-corrected chi connectivity index (χ2v) is 3.48. The van der Waals surface area contributed by atoms with Gasteiger partial charge in [-0.15, -0.1) is 0 Å². The molecule has 1 aliphatic rings. The molecule has 70 valence electrons. The van der Waals surface area contributed by atoms with Crippen LogP contribution < -0.4 is 5.73 Å². The lowest BCUT2D eigenvalue weighted by atomic mass is 10.1. The van der Waals surface area contributed by atoms with Crippen LogP contribution in [0, 0.1) is 0 Å². The van der Waals surface area contributed by atoms with E-state index in [9.17, 15) is 0 Å². The minimum Gasteiger partial charge on any atom is -0.326 e. The first-order valence-electron chi connectivity index (χ1n) is 4.74. The van der Waals surface area contributed by atoms with Crippen LogP contribution in [0.1, 0.15) is 17.5 Å². The predicted octanol–water partition coefficient (Wildman–Crippen LogP) is 0.746. The van der Waals surface area contributed by atoms with Gasteiger partial charge in [0.15, 0.2) is 0 Å². The molecule has 0 amide bonds. The number of hydrogen-bond acceptors (Lipinski definition) is 3. The first kappa shape index (κ1) is 8.66. The number of rotatable bonds is 3. The largest absolute Gasteiger partial charge is 0.326 e. The van der Waals surface area contributed by atoms with E-state index in [-0.39, 0.29) is 0 Å². The van der Waals surface area contributed by atoms with Gasteiger partial charge in [0, 0.05) is 25.5 Å². The van der Waals surface area contributed by atoms with Crippen molar-refractivity contribution in [2.24, 2.45) is 5.73 Å². The number of nitrogens with two attached hydrogens (primary N) is 1. The summed E-state index contributed by atoms with van der Waals surface area (Å²) in [6, 6.07) is 2.01. The molecule has 2 heterocycles. The summed E-state index contributed by atoms with van der Waals surface area (Å²) in [5.41, 5.74) is 8.15. The Morgan fingerprint density at radius 2 is 2.23 bits per heavy atom. The zero-order valence-corrected chi connectivity index (χ0v) is 7.74. The molecule has 0 saturated carbocycles. The van der Waals surface area contributed by atoms with Crippen LogP contribution in [0.25, 0.3) is 0 Å². The fourth-order valence-electron chi connectivity index (χ4n) is 1.58. The molecular formula is C10H15N3. The van der Waals surface area contributed by atoms with Gasteiger partial charge in [0.05, 0.1) is 0 Å². The summed E-state index contributed by atoms with van der Waals surface area (Å²) >= 11 is 0. The van der Waals surface area contributed by atoms with Crippen LogP contribution in [0.3, 0.4) is 0 Å². The van der Waals surface area contributed by atoms with Crippen LogP contribution in [0.15, 0.2) is 18.5 Å². The van der Waals surface area contributed by atoms with Crippen LogP contribution in [-0.4, -0.2) is 23.0 Å². The van der Waals surface area contributed by atoms with Gasteiger partial charge in [0.2, 0.25) is 0 Å². The quantitative estimate of drug-likeness (QED) is 0.740. The number of likely N-dealkylation sites (tertiary alicyclic amines) is 1. The molecule has 3 nitrogen and oxygen atoms in total. The molecule has 2 N–H and O–H groups in total. The molecule has 1 aromatic heterocycles. The van der Waals surface area contributed by atoms with Gasteiger partial charge in [0.1, 0.15) is 0 Å². The molecule has 1 saturated heterocycles. The van der Waals surface area contributed by atoms with Crippen molar-refractivity contribution in [3.8, 4) is 0 Å². The fourth-order valence-corrected chi connectivity index (χ4v) is 1.58. The van der Waals surface area contributed by atoms with E-state index in [0.29, 0.717) is 6.54 Å². The van der Waals surface area contributed by atoms with Gasteiger partial charge in [-0.05, 0) is 36.7 Å². The third kappa shape index (κ3) is 1.87. The number of nitrogens with zero attached hydrogens (tertiary/aromatic N) is 2. The number of hydrogen-bond donors (Lipinski definition) is 1. The van der Waals surface area contributed by atoms with Crippen molar-refractivity contribution in [2.75, 3.05) is 13.1 Å². The third-order valence-electron chi connectivity index (χ3n) is 2.57. The molecule has 3 heteroatoms. The molecule has 0 bridgehead atoms. The monoisotopic (exact) mass is 177 g/mol. The highest BCUT2D eigenvalue weighted by Gasteiger charge is 2.14. The van der Waals surface area contributed by atoms with E-state index in [4.69, 9.17) is 5.73 Å². The highest BCUT2D eigenvalue weighted by atomic mass is 15.2. The molecule has 0 radical (unpaired) electrons. The molecule has 0 atom stereocenters. The van der Waals surface area contributed by atoms with E-state index in [2.05, 4.69) is 9.88 Å². The summed E-state index contributed by atoms with van der Waals surface area (Å²) < 4.78 is 0. The fraction of sp³-hybridized carbons (Fsp3) is 0.500. The van der Waals surface area contributed by atoms with Gasteiger partial charge in [-0.1, -0.05) is 0 Å². The second-order valence-electron chi connectivity index (χ2n) is 3.48. The van der Waals surface area contributed by atoms with Gasteiger partial charge in [0.25, 0.3) is 0 Å². The van der Waals surface area contributed by atoms with Gasteiger partial charge >= 0.3 is 0 Å². The maximum absolute atomic E-state index is 5.64. The smallest absolute Gasteiger partial charge is 0.0316 e. The van der Waals surface area contributed by atoms with E-state index in [0.717, 1.165) is 6.54 Å². The predicted molar refractivity (Wildman–Crippen MR) is 52.0 cm³/mol. The van der Waals surface area contributed by atoms with Gasteiger partial charge < -0.3 is 5.73 Å². The number of pyridine rings is 1. The molecular weight excluding hydrogens is 162 g/mol. The highest BCUT2D eigenvalue weighted by Crippen LogP contribution is 2.14. The lowest BCUT2D eigenvalue weighted by molar-refractivity contribution is 0.172. The summed E-state index contributed by atoms with van der Waals surface area (Å²) in [7, 11) is 0. The normalized spacial score (nSPS) is 17.0. The Bertz CT molecular complexity index is 281. The summed E-state index contributed by atoms with van der Waals surface area (Å²) in [5, 5.41) is 0. The Balaban J connectivity index is 2.08. The Hall–Kier alpha value is -0.930. The molecule has 13 heavy (non-hydrogen) atoms. The Kier molecular flexibility index (Phi) is 2.57. The van der Waals surface area contributed by atoms with Gasteiger partial charge in [-0.3, -0.25) is 9.88 Å². The Labute approximate surface area is 78.6 Å². The number of aromatic nitrogens is 1. The van der Waals surface area contributed by atoms with Crippen LogP contribution >= 0.6 is 0 Å². The van der Waals surface area contributed by atoms with Crippen molar-refractivity contribution in [2.45, 2.75) is 19.5 Å². The van der Waals surface area contributed by atoms with Gasteiger partial charge in [-0.25, -0.2) is 0 Å². The van der Waals surface area contributed by atoms with Crippen LogP contribution in [0.5, 0.6) is 0 Å². The van der Waals surface area contributed by atoms with Crippen molar-refractivity contribution in [3.63, 3.8) is 0 Å². The third-order valence-corrected chi connectivity index (χ3v) is 2.57. The van der Waals surface area contributed by atoms with Crippen LogP contribution in [0.4, 0.5) is 0 Å². The van der Waals surface area contributed by atoms with E-state index in [1.54, 1.807) is 0 Å². The van der Waals surface area contributed by atoms with E-state index in [1.165, 1.54) is 30.6 Å². The SMILES string of the molecule is NCc1ccncc1CN1CCC1. The van der Waals surface area contributed by atoms with E-state index in [1.807, 2.05) is 18.5 Å². The average Bonchev–Trinajstić information content (AvgIpc) is 2.12. The first-order chi connectivity index (χ1) is 6.40. The molecule has 1 aromatic rings. The van der Waals surface area contributed by atoms with E-state index < -0.39 is 0 Å². The molecule has 1 fully saturated rings. The van der Waals surface area contributed by atoms with Gasteiger partial charge in [-0.2, -0.15) is 0 Å². The van der Waals surface area contributed by atoms with Crippen molar-refractivity contribution in [3.05, 3.63) is 29.6 Å². The lowest BCUT2D eigenvalue weighted by Crippen LogP contribution is -2.36. The summed E-state index contributed by atoms with van der Waals surface area (Å²) in [4.78, 5) is 6.54. The molecule has 0 unspecified atom stereocenters. The summed E-state index contributed by atoms with van der Waals surface area (Å²) in [6.07, 6.45) is 5.07. The Morgan fingerprint density at radius 1 is 1.38 bits per heavy atom. The van der Waals surface area contributed by atoms with Crippen molar-refractivity contribution < 1.29 is 0 Å². The maximum atomic E-state index is 5.64. The van der Waals surface area contributed by atoms with Crippen molar-refractivity contribution in [1.82, 2.24) is 9.88 Å². The van der Waals surface area contributed by atoms with Crippen LogP contribution in [0.2, 0.25) is 0 Å². The average molecular weight is 177 g/mol. The zero-order valence-electron chi connectivity index (χ0n) is 7.74. The Morgan fingerprint density at radius 3 is 2.85 bits per heavy atom. The highest BCUT2D eigenvalue weighted by molar-refractivity contribution is 5.23. The molecule has 1 aliphatic heterocycles. The van der Waals surface area contributed by atoms with Crippen molar-refractivity contribution >= 4 is 0 Å².